The molecule has 1 aliphatic heterocycles. The van der Waals surface area contributed by atoms with Gasteiger partial charge in [-0.1, -0.05) is 31.2 Å². The zero-order chi connectivity index (χ0) is 21.1. The third-order valence-electron chi connectivity index (χ3n) is 4.49. The van der Waals surface area contributed by atoms with Crippen LogP contribution in [-0.4, -0.2) is 16.0 Å². The van der Waals surface area contributed by atoms with E-state index in [0.29, 0.717) is 27.2 Å². The van der Waals surface area contributed by atoms with Gasteiger partial charge in [-0.25, -0.2) is 4.99 Å². The topological polar surface area (TPSA) is 97.7 Å². The molecule has 0 radical (unpaired) electrons. The van der Waals surface area contributed by atoms with Gasteiger partial charge in [0.15, 0.2) is 5.17 Å². The molecule has 0 aliphatic carbocycles. The maximum absolute atomic E-state index is 12.3. The normalized spacial score (nSPS) is 16.2. The minimum absolute atomic E-state index is 0.0393. The van der Waals surface area contributed by atoms with Crippen LogP contribution in [0, 0.1) is 10.1 Å². The Morgan fingerprint density at radius 2 is 1.90 bits per heavy atom. The highest BCUT2D eigenvalue weighted by Crippen LogP contribution is 2.33. The molecule has 2 heterocycles. The van der Waals surface area contributed by atoms with Gasteiger partial charge in [0.2, 0.25) is 0 Å². The number of thioether (sulfide) groups is 1. The van der Waals surface area contributed by atoms with Crippen LogP contribution in [0.15, 0.2) is 75.0 Å². The summed E-state index contributed by atoms with van der Waals surface area (Å²) in [7, 11) is 0. The summed E-state index contributed by atoms with van der Waals surface area (Å²) >= 11 is 1.21. The van der Waals surface area contributed by atoms with E-state index in [9.17, 15) is 14.9 Å². The summed E-state index contributed by atoms with van der Waals surface area (Å²) in [6, 6.07) is 17.5. The number of nitro groups is 1. The molecule has 4 rings (SSSR count). The van der Waals surface area contributed by atoms with Gasteiger partial charge in [-0.2, -0.15) is 0 Å². The summed E-state index contributed by atoms with van der Waals surface area (Å²) in [4.78, 5) is 28.0. The minimum atomic E-state index is -0.452. The number of nitrogens with one attached hydrogen (secondary N) is 1. The number of hydrogen-bond acceptors (Lipinski definition) is 6. The van der Waals surface area contributed by atoms with E-state index in [1.54, 1.807) is 36.4 Å². The van der Waals surface area contributed by atoms with Crippen molar-refractivity contribution in [2.75, 3.05) is 0 Å². The van der Waals surface area contributed by atoms with Gasteiger partial charge in [0.25, 0.3) is 11.6 Å². The lowest BCUT2D eigenvalue weighted by molar-refractivity contribution is -0.384. The van der Waals surface area contributed by atoms with Crippen LogP contribution in [0.1, 0.15) is 18.2 Å². The average molecular weight is 419 g/mol. The van der Waals surface area contributed by atoms with Gasteiger partial charge in [-0.3, -0.25) is 14.9 Å². The van der Waals surface area contributed by atoms with Crippen LogP contribution in [0.5, 0.6) is 0 Å². The molecule has 0 saturated carbocycles. The number of hydrogen-bond donors (Lipinski definition) is 1. The molecule has 0 atom stereocenters. The molecule has 30 heavy (non-hydrogen) atoms. The fourth-order valence-corrected chi connectivity index (χ4v) is 3.77. The van der Waals surface area contributed by atoms with E-state index in [-0.39, 0.29) is 11.6 Å². The van der Waals surface area contributed by atoms with E-state index in [2.05, 4.69) is 17.2 Å². The Balaban J connectivity index is 1.55. The molecule has 1 saturated heterocycles. The number of rotatable bonds is 5. The standard InChI is InChI=1S/C22H17N3O4S/c1-2-14-7-9-15(10-8-14)23-22-24-21(26)20(30-22)13-16-11-12-19(29-16)17-5-3-4-6-18(17)25(27)28/h3-13H,2H2,1H3,(H,23,24,26)/b20-13+. The first-order valence-electron chi connectivity index (χ1n) is 9.25. The Hall–Kier alpha value is -3.65. The molecule has 1 N–H and O–H groups in total. The molecule has 1 fully saturated rings. The van der Waals surface area contributed by atoms with E-state index in [4.69, 9.17) is 4.42 Å². The molecule has 7 nitrogen and oxygen atoms in total. The molecule has 1 amide bonds. The third kappa shape index (κ3) is 4.18. The van der Waals surface area contributed by atoms with Crippen LogP contribution < -0.4 is 5.32 Å². The highest BCUT2D eigenvalue weighted by Gasteiger charge is 2.24. The number of carbonyl (C=O) groups is 1. The van der Waals surface area contributed by atoms with Crippen molar-refractivity contribution in [2.24, 2.45) is 4.99 Å². The third-order valence-corrected chi connectivity index (χ3v) is 5.40. The monoisotopic (exact) mass is 419 g/mol. The van der Waals surface area contributed by atoms with Crippen LogP contribution in [0.3, 0.4) is 0 Å². The fourth-order valence-electron chi connectivity index (χ4n) is 2.95. The van der Waals surface area contributed by atoms with E-state index < -0.39 is 4.92 Å². The van der Waals surface area contributed by atoms with Crippen LogP contribution in [0.25, 0.3) is 17.4 Å². The number of nitrogens with zero attached hydrogens (tertiary/aromatic N) is 2. The summed E-state index contributed by atoms with van der Waals surface area (Å²) in [6.07, 6.45) is 2.55. The maximum atomic E-state index is 12.3. The Kier molecular flexibility index (Phi) is 5.49. The van der Waals surface area contributed by atoms with Crippen molar-refractivity contribution in [1.82, 2.24) is 5.32 Å². The molecule has 2 aromatic carbocycles. The molecule has 8 heteroatoms. The predicted octanol–water partition coefficient (Wildman–Crippen LogP) is 5.31. The van der Waals surface area contributed by atoms with Crippen molar-refractivity contribution in [1.29, 1.82) is 0 Å². The number of aryl methyl sites for hydroxylation is 1. The van der Waals surface area contributed by atoms with Crippen LogP contribution >= 0.6 is 11.8 Å². The number of para-hydroxylation sites is 1. The summed E-state index contributed by atoms with van der Waals surface area (Å²) < 4.78 is 5.74. The van der Waals surface area contributed by atoms with Crippen molar-refractivity contribution in [3.63, 3.8) is 0 Å². The van der Waals surface area contributed by atoms with Gasteiger partial charge in [0, 0.05) is 12.1 Å². The van der Waals surface area contributed by atoms with Gasteiger partial charge >= 0.3 is 0 Å². The van der Waals surface area contributed by atoms with Gasteiger partial charge in [-0.05, 0) is 54.1 Å². The van der Waals surface area contributed by atoms with E-state index in [0.717, 1.165) is 12.1 Å². The highest BCUT2D eigenvalue weighted by atomic mass is 32.2. The molecule has 0 unspecified atom stereocenters. The lowest BCUT2D eigenvalue weighted by Crippen LogP contribution is -2.19. The lowest BCUT2D eigenvalue weighted by atomic mass is 10.1. The number of nitro benzene ring substituents is 1. The fraction of sp³-hybridized carbons (Fsp3) is 0.0909. The molecule has 0 spiro atoms. The second-order valence-electron chi connectivity index (χ2n) is 6.48. The van der Waals surface area contributed by atoms with Crippen molar-refractivity contribution in [3.05, 3.63) is 87.0 Å². The first-order chi connectivity index (χ1) is 14.5. The molecule has 1 aliphatic rings. The average Bonchev–Trinajstić information content (AvgIpc) is 3.35. The number of aliphatic imine (C=N–C) groups is 1. The van der Waals surface area contributed by atoms with Gasteiger partial charge < -0.3 is 9.73 Å². The molecular weight excluding hydrogens is 402 g/mol. The highest BCUT2D eigenvalue weighted by molar-refractivity contribution is 8.18. The van der Waals surface area contributed by atoms with E-state index >= 15 is 0 Å². The Labute approximate surface area is 176 Å². The van der Waals surface area contributed by atoms with Crippen molar-refractivity contribution in [3.8, 4) is 11.3 Å². The largest absolute Gasteiger partial charge is 0.456 e. The van der Waals surface area contributed by atoms with Crippen LogP contribution in [0.4, 0.5) is 11.4 Å². The number of carbonyl (C=O) groups excluding carboxylic acids is 1. The first kappa shape index (κ1) is 19.7. The van der Waals surface area contributed by atoms with E-state index in [1.807, 2.05) is 24.3 Å². The molecule has 0 bridgehead atoms. The van der Waals surface area contributed by atoms with Gasteiger partial charge in [0.1, 0.15) is 11.5 Å². The zero-order valence-corrected chi connectivity index (χ0v) is 16.8. The summed E-state index contributed by atoms with van der Waals surface area (Å²) in [5.41, 5.74) is 2.32. The smallest absolute Gasteiger partial charge is 0.280 e. The molecule has 1 aromatic heterocycles. The molecular formula is C22H17N3O4S. The number of amidine groups is 1. The molecule has 3 aromatic rings. The lowest BCUT2D eigenvalue weighted by Gasteiger charge is -1.99. The number of benzene rings is 2. The van der Waals surface area contributed by atoms with Gasteiger partial charge in [-0.15, -0.1) is 0 Å². The Morgan fingerprint density at radius 1 is 1.13 bits per heavy atom. The van der Waals surface area contributed by atoms with Crippen LogP contribution in [0.2, 0.25) is 0 Å². The molecule has 150 valence electrons. The van der Waals surface area contributed by atoms with Gasteiger partial charge in [0.05, 0.1) is 21.1 Å². The summed E-state index contributed by atoms with van der Waals surface area (Å²) in [5, 5.41) is 14.5. The van der Waals surface area contributed by atoms with Crippen molar-refractivity contribution >= 4 is 40.3 Å². The zero-order valence-electron chi connectivity index (χ0n) is 16.0. The Bertz CT molecular complexity index is 1180. The number of furan rings is 1. The second-order valence-corrected chi connectivity index (χ2v) is 7.51. The summed E-state index contributed by atoms with van der Waals surface area (Å²) in [5.74, 6) is 0.518. The minimum Gasteiger partial charge on any atom is -0.456 e. The van der Waals surface area contributed by atoms with Crippen LogP contribution in [-0.2, 0) is 11.2 Å². The quantitative estimate of drug-likeness (QED) is 0.343. The van der Waals surface area contributed by atoms with Crippen molar-refractivity contribution in [2.45, 2.75) is 13.3 Å². The SMILES string of the molecule is CCc1ccc(N=C2NC(=O)/C(=C\c3ccc(-c4ccccc4[N+](=O)[O-])o3)S2)cc1. The number of amides is 1. The summed E-state index contributed by atoms with van der Waals surface area (Å²) in [6.45, 7) is 2.08. The Morgan fingerprint density at radius 3 is 2.63 bits per heavy atom. The predicted molar refractivity (Wildman–Crippen MR) is 117 cm³/mol. The maximum Gasteiger partial charge on any atom is 0.280 e. The first-order valence-corrected chi connectivity index (χ1v) is 10.1. The van der Waals surface area contributed by atoms with Crippen molar-refractivity contribution < 1.29 is 14.1 Å². The second kappa shape index (κ2) is 8.38. The van der Waals surface area contributed by atoms with E-state index in [1.165, 1.54) is 23.4 Å².